The fraction of sp³-hybridized carbons (Fsp3) is 0.250. The zero-order chi connectivity index (χ0) is 18.0. The van der Waals surface area contributed by atoms with Crippen molar-refractivity contribution < 1.29 is 17.3 Å². The molecule has 132 valence electrons. The Labute approximate surface area is 148 Å². The van der Waals surface area contributed by atoms with E-state index >= 15 is 0 Å². The number of thiazole rings is 1. The molecule has 0 fully saturated rings. The van der Waals surface area contributed by atoms with Crippen LogP contribution < -0.4 is 4.72 Å². The highest BCUT2D eigenvalue weighted by Gasteiger charge is 2.24. The fourth-order valence-corrected chi connectivity index (χ4v) is 4.70. The lowest BCUT2D eigenvalue weighted by molar-refractivity contribution is 0.390. The van der Waals surface area contributed by atoms with Crippen molar-refractivity contribution in [1.29, 1.82) is 0 Å². The molecule has 0 aliphatic rings. The fourth-order valence-electron chi connectivity index (χ4n) is 2.40. The Morgan fingerprint density at radius 2 is 1.96 bits per heavy atom. The standard InChI is InChI=1S/C16H16FN3O3S2/c1-10-16(11(2)23-20-10)25(21,22)19-9-15-18-8-14(24-15)7-12-3-5-13(17)6-4-12/h3-6,8,19H,7,9H2,1-2H3. The van der Waals surface area contributed by atoms with Crippen molar-refractivity contribution in [2.45, 2.75) is 31.7 Å². The molecule has 0 saturated heterocycles. The quantitative estimate of drug-likeness (QED) is 0.710. The molecule has 1 N–H and O–H groups in total. The molecule has 0 atom stereocenters. The van der Waals surface area contributed by atoms with E-state index in [0.29, 0.717) is 17.1 Å². The summed E-state index contributed by atoms with van der Waals surface area (Å²) in [4.78, 5) is 5.27. The molecule has 6 nitrogen and oxygen atoms in total. The van der Waals surface area contributed by atoms with Gasteiger partial charge in [-0.2, -0.15) is 0 Å². The number of nitrogens with zero attached hydrogens (tertiary/aromatic N) is 2. The van der Waals surface area contributed by atoms with E-state index in [-0.39, 0.29) is 23.0 Å². The Bertz CT molecular complexity index is 959. The number of hydrogen-bond donors (Lipinski definition) is 1. The molecule has 0 bridgehead atoms. The van der Waals surface area contributed by atoms with Gasteiger partial charge in [0, 0.05) is 17.5 Å². The molecule has 3 aromatic rings. The highest BCUT2D eigenvalue weighted by Crippen LogP contribution is 2.21. The minimum atomic E-state index is -3.71. The van der Waals surface area contributed by atoms with Crippen LogP contribution in [0.15, 0.2) is 39.9 Å². The zero-order valence-electron chi connectivity index (χ0n) is 13.6. The lowest BCUT2D eigenvalue weighted by atomic mass is 10.1. The topological polar surface area (TPSA) is 85.1 Å². The molecular formula is C16H16FN3O3S2. The summed E-state index contributed by atoms with van der Waals surface area (Å²) in [5.74, 6) is -0.0244. The number of hydrogen-bond acceptors (Lipinski definition) is 6. The van der Waals surface area contributed by atoms with E-state index < -0.39 is 10.0 Å². The third-order valence-electron chi connectivity index (χ3n) is 3.54. The lowest BCUT2D eigenvalue weighted by Crippen LogP contribution is -2.24. The van der Waals surface area contributed by atoms with Gasteiger partial charge in [-0.05, 0) is 31.5 Å². The van der Waals surface area contributed by atoms with Gasteiger partial charge in [-0.25, -0.2) is 22.5 Å². The summed E-state index contributed by atoms with van der Waals surface area (Å²) in [7, 11) is -3.71. The van der Waals surface area contributed by atoms with Gasteiger partial charge >= 0.3 is 0 Å². The zero-order valence-corrected chi connectivity index (χ0v) is 15.2. The van der Waals surface area contributed by atoms with Gasteiger partial charge in [0.2, 0.25) is 10.0 Å². The Hall–Kier alpha value is -2.10. The maximum Gasteiger partial charge on any atom is 0.246 e. The summed E-state index contributed by atoms with van der Waals surface area (Å²) >= 11 is 1.41. The van der Waals surface area contributed by atoms with Gasteiger partial charge in [-0.3, -0.25) is 0 Å². The van der Waals surface area contributed by atoms with Crippen LogP contribution in [-0.4, -0.2) is 18.6 Å². The lowest BCUT2D eigenvalue weighted by Gasteiger charge is -2.04. The van der Waals surface area contributed by atoms with E-state index in [1.54, 1.807) is 32.2 Å². The Kier molecular flexibility index (Phi) is 4.98. The molecule has 2 aromatic heterocycles. The first-order chi connectivity index (χ1) is 11.8. The van der Waals surface area contributed by atoms with Crippen molar-refractivity contribution in [2.24, 2.45) is 0 Å². The maximum absolute atomic E-state index is 12.9. The van der Waals surface area contributed by atoms with Crippen molar-refractivity contribution in [2.75, 3.05) is 0 Å². The Balaban J connectivity index is 1.66. The smallest absolute Gasteiger partial charge is 0.246 e. The van der Waals surface area contributed by atoms with Gasteiger partial charge in [0.05, 0.1) is 6.54 Å². The number of rotatable bonds is 6. The van der Waals surface area contributed by atoms with Crippen molar-refractivity contribution >= 4 is 21.4 Å². The van der Waals surface area contributed by atoms with E-state index in [1.807, 2.05) is 0 Å². The van der Waals surface area contributed by atoms with E-state index in [9.17, 15) is 12.8 Å². The van der Waals surface area contributed by atoms with Crippen LogP contribution in [0.3, 0.4) is 0 Å². The average Bonchev–Trinajstić information content (AvgIpc) is 3.14. The van der Waals surface area contributed by atoms with Crippen molar-refractivity contribution in [3.63, 3.8) is 0 Å². The maximum atomic E-state index is 12.9. The van der Waals surface area contributed by atoms with Crippen molar-refractivity contribution in [1.82, 2.24) is 14.9 Å². The SMILES string of the molecule is Cc1noc(C)c1S(=O)(=O)NCc1ncc(Cc2ccc(F)cc2)s1. The molecule has 0 aliphatic heterocycles. The molecule has 25 heavy (non-hydrogen) atoms. The molecule has 0 radical (unpaired) electrons. The molecule has 0 aliphatic carbocycles. The van der Waals surface area contributed by atoms with Crippen LogP contribution in [0.1, 0.15) is 26.9 Å². The second-order valence-electron chi connectivity index (χ2n) is 5.50. The molecular weight excluding hydrogens is 365 g/mol. The first-order valence-corrected chi connectivity index (χ1v) is 9.75. The monoisotopic (exact) mass is 381 g/mol. The Morgan fingerprint density at radius 3 is 2.60 bits per heavy atom. The number of nitrogens with one attached hydrogen (secondary N) is 1. The van der Waals surface area contributed by atoms with Gasteiger partial charge in [0.15, 0.2) is 5.76 Å². The van der Waals surface area contributed by atoms with E-state index in [4.69, 9.17) is 4.52 Å². The third kappa shape index (κ3) is 4.12. The van der Waals surface area contributed by atoms with Crippen molar-refractivity contribution in [3.05, 3.63) is 63.2 Å². The summed E-state index contributed by atoms with van der Waals surface area (Å²) in [5, 5.41) is 4.31. The minimum absolute atomic E-state index is 0.0654. The summed E-state index contributed by atoms with van der Waals surface area (Å²) < 4.78 is 45.1. The molecule has 1 aromatic carbocycles. The average molecular weight is 381 g/mol. The summed E-state index contributed by atoms with van der Waals surface area (Å²) in [5.41, 5.74) is 1.29. The molecule has 0 saturated carbocycles. The van der Waals surface area contributed by atoms with Gasteiger partial charge in [0.25, 0.3) is 0 Å². The number of aromatic nitrogens is 2. The van der Waals surface area contributed by atoms with Crippen LogP contribution in [0.25, 0.3) is 0 Å². The van der Waals surface area contributed by atoms with Crippen LogP contribution in [0.2, 0.25) is 0 Å². The highest BCUT2D eigenvalue weighted by molar-refractivity contribution is 7.89. The first-order valence-electron chi connectivity index (χ1n) is 7.46. The summed E-state index contributed by atoms with van der Waals surface area (Å²) in [6, 6.07) is 6.26. The largest absolute Gasteiger partial charge is 0.360 e. The Morgan fingerprint density at radius 1 is 1.24 bits per heavy atom. The minimum Gasteiger partial charge on any atom is -0.360 e. The third-order valence-corrected chi connectivity index (χ3v) is 6.19. The second-order valence-corrected chi connectivity index (χ2v) is 8.40. The van der Waals surface area contributed by atoms with Crippen LogP contribution in [-0.2, 0) is 23.0 Å². The van der Waals surface area contributed by atoms with E-state index in [1.165, 1.54) is 23.5 Å². The number of sulfonamides is 1. The van der Waals surface area contributed by atoms with Gasteiger partial charge in [0.1, 0.15) is 21.4 Å². The molecule has 0 spiro atoms. The summed E-state index contributed by atoms with van der Waals surface area (Å²) in [6.45, 7) is 3.22. The van der Waals surface area contributed by atoms with E-state index in [2.05, 4.69) is 14.9 Å². The molecule has 0 unspecified atom stereocenters. The van der Waals surface area contributed by atoms with Crippen LogP contribution in [0, 0.1) is 19.7 Å². The van der Waals surface area contributed by atoms with Crippen molar-refractivity contribution in [3.8, 4) is 0 Å². The normalized spacial score (nSPS) is 11.8. The number of benzene rings is 1. The van der Waals surface area contributed by atoms with Gasteiger partial charge in [-0.15, -0.1) is 11.3 Å². The van der Waals surface area contributed by atoms with Crippen LogP contribution in [0.4, 0.5) is 4.39 Å². The molecule has 3 rings (SSSR count). The number of halogens is 1. The molecule has 0 amide bonds. The van der Waals surface area contributed by atoms with Gasteiger partial charge < -0.3 is 4.52 Å². The van der Waals surface area contributed by atoms with Crippen LogP contribution in [0.5, 0.6) is 0 Å². The first kappa shape index (κ1) is 17.7. The van der Waals surface area contributed by atoms with Gasteiger partial charge in [-0.1, -0.05) is 17.3 Å². The summed E-state index contributed by atoms with van der Waals surface area (Å²) in [6.07, 6.45) is 2.32. The second kappa shape index (κ2) is 7.03. The molecule has 9 heteroatoms. The predicted octanol–water partition coefficient (Wildman–Crippen LogP) is 2.96. The number of aryl methyl sites for hydroxylation is 2. The highest BCUT2D eigenvalue weighted by atomic mass is 32.2. The predicted molar refractivity (Wildman–Crippen MR) is 91.3 cm³/mol. The van der Waals surface area contributed by atoms with Crippen LogP contribution >= 0.6 is 11.3 Å². The molecule has 2 heterocycles. The van der Waals surface area contributed by atoms with E-state index in [0.717, 1.165) is 10.4 Å².